The first-order valence-corrected chi connectivity index (χ1v) is 6.68. The lowest BCUT2D eigenvalue weighted by molar-refractivity contribution is 0.195. The van der Waals surface area contributed by atoms with Gasteiger partial charge in [0.15, 0.2) is 0 Å². The Morgan fingerprint density at radius 1 is 1.15 bits per heavy atom. The molecule has 0 saturated carbocycles. The molecule has 2 rings (SSSR count). The number of hydrogen-bond donors (Lipinski definition) is 1. The fourth-order valence-electron chi connectivity index (χ4n) is 1.89. The molecule has 0 saturated heterocycles. The van der Waals surface area contributed by atoms with Crippen LogP contribution in [0, 0.1) is 19.7 Å². The number of halogens is 2. The number of aliphatic hydroxyl groups excluding tert-OH is 1. The molecule has 2 nitrogen and oxygen atoms in total. The average Bonchev–Trinajstić information content (AvgIpc) is 2.36. The van der Waals surface area contributed by atoms with Crippen molar-refractivity contribution in [2.75, 3.05) is 0 Å². The average molecular weight is 295 g/mol. The Bertz CT molecular complexity index is 639. The minimum absolute atomic E-state index is 0.372. The van der Waals surface area contributed by atoms with E-state index in [2.05, 4.69) is 0 Å². The van der Waals surface area contributed by atoms with Gasteiger partial charge in [0.25, 0.3) is 0 Å². The molecule has 0 radical (unpaired) electrons. The third-order valence-corrected chi connectivity index (χ3v) is 3.34. The van der Waals surface area contributed by atoms with Crippen molar-refractivity contribution in [1.82, 2.24) is 0 Å². The van der Waals surface area contributed by atoms with Crippen molar-refractivity contribution in [1.29, 1.82) is 0 Å². The van der Waals surface area contributed by atoms with E-state index in [1.807, 2.05) is 13.0 Å². The van der Waals surface area contributed by atoms with E-state index < -0.39 is 6.10 Å². The second kappa shape index (κ2) is 5.81. The minimum Gasteiger partial charge on any atom is -0.455 e. The van der Waals surface area contributed by atoms with Gasteiger partial charge in [0, 0.05) is 5.56 Å². The molecule has 4 heteroatoms. The molecule has 1 N–H and O–H groups in total. The van der Waals surface area contributed by atoms with Crippen molar-refractivity contribution < 1.29 is 14.2 Å². The van der Waals surface area contributed by atoms with Crippen LogP contribution in [0.15, 0.2) is 30.3 Å². The van der Waals surface area contributed by atoms with Crippen LogP contribution in [0.1, 0.15) is 29.7 Å². The van der Waals surface area contributed by atoms with Crippen molar-refractivity contribution in [2.45, 2.75) is 26.9 Å². The lowest BCUT2D eigenvalue weighted by Gasteiger charge is -2.15. The van der Waals surface area contributed by atoms with Gasteiger partial charge in [-0.25, -0.2) is 4.39 Å². The number of hydrogen-bond acceptors (Lipinski definition) is 2. The van der Waals surface area contributed by atoms with Crippen LogP contribution >= 0.6 is 11.6 Å². The predicted molar refractivity (Wildman–Crippen MR) is 78.0 cm³/mol. The lowest BCUT2D eigenvalue weighted by atomic mass is 10.1. The van der Waals surface area contributed by atoms with Crippen LogP contribution in [0.4, 0.5) is 4.39 Å². The molecule has 20 heavy (non-hydrogen) atoms. The van der Waals surface area contributed by atoms with Gasteiger partial charge in [-0.3, -0.25) is 0 Å². The largest absolute Gasteiger partial charge is 0.455 e. The van der Waals surface area contributed by atoms with Gasteiger partial charge in [-0.2, -0.15) is 0 Å². The molecular formula is C16H16ClFO2. The van der Waals surface area contributed by atoms with Gasteiger partial charge in [-0.15, -0.1) is 0 Å². The zero-order valence-electron chi connectivity index (χ0n) is 11.6. The molecule has 2 aromatic carbocycles. The molecule has 0 aliphatic rings. The third-order valence-electron chi connectivity index (χ3n) is 3.05. The van der Waals surface area contributed by atoms with E-state index in [4.69, 9.17) is 16.3 Å². The topological polar surface area (TPSA) is 29.5 Å². The molecule has 1 unspecified atom stereocenters. The highest BCUT2D eigenvalue weighted by Crippen LogP contribution is 2.35. The Morgan fingerprint density at radius 3 is 2.45 bits per heavy atom. The third kappa shape index (κ3) is 3.11. The molecular weight excluding hydrogens is 279 g/mol. The smallest absolute Gasteiger partial charge is 0.146 e. The molecule has 0 aliphatic carbocycles. The number of rotatable bonds is 3. The van der Waals surface area contributed by atoms with E-state index in [0.717, 1.165) is 5.56 Å². The van der Waals surface area contributed by atoms with E-state index in [0.29, 0.717) is 27.6 Å². The number of aryl methyl sites for hydroxylation is 2. The second-order valence-corrected chi connectivity index (χ2v) is 5.26. The zero-order chi connectivity index (χ0) is 14.9. The molecule has 0 heterocycles. The molecule has 0 aliphatic heterocycles. The molecule has 0 bridgehead atoms. The summed E-state index contributed by atoms with van der Waals surface area (Å²) in [6.45, 7) is 5.14. The van der Waals surface area contributed by atoms with Gasteiger partial charge in [-0.1, -0.05) is 17.7 Å². The van der Waals surface area contributed by atoms with Gasteiger partial charge in [-0.05, 0) is 56.2 Å². The summed E-state index contributed by atoms with van der Waals surface area (Å²) in [6, 6.07) is 8.27. The maximum Gasteiger partial charge on any atom is 0.146 e. The van der Waals surface area contributed by atoms with Gasteiger partial charge in [0.1, 0.15) is 17.3 Å². The SMILES string of the molecule is Cc1ccc(Oc2cc(C)c(F)cc2C(C)O)c(Cl)c1. The van der Waals surface area contributed by atoms with E-state index in [1.54, 1.807) is 32.0 Å². The molecule has 0 amide bonds. The molecule has 0 aromatic heterocycles. The van der Waals surface area contributed by atoms with Gasteiger partial charge < -0.3 is 9.84 Å². The van der Waals surface area contributed by atoms with Crippen molar-refractivity contribution in [2.24, 2.45) is 0 Å². The van der Waals surface area contributed by atoms with Crippen LogP contribution in [0.25, 0.3) is 0 Å². The van der Waals surface area contributed by atoms with Gasteiger partial charge in [0.2, 0.25) is 0 Å². The van der Waals surface area contributed by atoms with Crippen molar-refractivity contribution in [3.63, 3.8) is 0 Å². The fourth-order valence-corrected chi connectivity index (χ4v) is 2.17. The molecule has 1 atom stereocenters. The molecule has 0 spiro atoms. The lowest BCUT2D eigenvalue weighted by Crippen LogP contribution is -1.99. The van der Waals surface area contributed by atoms with Crippen LogP contribution in [0.3, 0.4) is 0 Å². The highest BCUT2D eigenvalue weighted by atomic mass is 35.5. The Hall–Kier alpha value is -1.58. The summed E-state index contributed by atoms with van der Waals surface area (Å²) < 4.78 is 19.3. The Morgan fingerprint density at radius 2 is 1.85 bits per heavy atom. The molecule has 106 valence electrons. The first kappa shape index (κ1) is 14.8. The first-order valence-electron chi connectivity index (χ1n) is 6.30. The summed E-state index contributed by atoms with van der Waals surface area (Å²) in [5.74, 6) is 0.512. The second-order valence-electron chi connectivity index (χ2n) is 4.85. The standard InChI is InChI=1S/C16H16ClFO2/c1-9-4-5-15(13(17)6-9)20-16-7-10(2)14(18)8-12(16)11(3)19/h4-8,11,19H,1-3H3. The summed E-state index contributed by atoms with van der Waals surface area (Å²) in [5, 5.41) is 10.2. The molecule has 2 aromatic rings. The molecule has 0 fully saturated rings. The van der Waals surface area contributed by atoms with Crippen molar-refractivity contribution >= 4 is 11.6 Å². The summed E-state index contributed by atoms with van der Waals surface area (Å²) in [6.07, 6.45) is -0.829. The van der Waals surface area contributed by atoms with Crippen LogP contribution in [-0.4, -0.2) is 5.11 Å². The number of benzene rings is 2. The number of ether oxygens (including phenoxy) is 1. The fraction of sp³-hybridized carbons (Fsp3) is 0.250. The van der Waals surface area contributed by atoms with Gasteiger partial charge >= 0.3 is 0 Å². The highest BCUT2D eigenvalue weighted by Gasteiger charge is 2.14. The van der Waals surface area contributed by atoms with Crippen LogP contribution < -0.4 is 4.74 Å². The Kier molecular flexibility index (Phi) is 4.31. The minimum atomic E-state index is -0.829. The summed E-state index contributed by atoms with van der Waals surface area (Å²) in [5.41, 5.74) is 1.87. The van der Waals surface area contributed by atoms with Gasteiger partial charge in [0.05, 0.1) is 11.1 Å². The number of aliphatic hydroxyl groups is 1. The Labute approximate surface area is 122 Å². The first-order chi connectivity index (χ1) is 9.38. The predicted octanol–water partition coefficient (Wildman–Crippen LogP) is 4.94. The van der Waals surface area contributed by atoms with E-state index in [9.17, 15) is 9.50 Å². The van der Waals surface area contributed by atoms with Crippen molar-refractivity contribution in [3.05, 3.63) is 57.9 Å². The van der Waals surface area contributed by atoms with Crippen molar-refractivity contribution in [3.8, 4) is 11.5 Å². The normalized spacial score (nSPS) is 12.3. The van der Waals surface area contributed by atoms with Crippen LogP contribution in [-0.2, 0) is 0 Å². The monoisotopic (exact) mass is 294 g/mol. The summed E-state index contributed by atoms with van der Waals surface area (Å²) >= 11 is 6.12. The summed E-state index contributed by atoms with van der Waals surface area (Å²) in [4.78, 5) is 0. The van der Waals surface area contributed by atoms with Crippen LogP contribution in [0.5, 0.6) is 11.5 Å². The summed E-state index contributed by atoms with van der Waals surface area (Å²) in [7, 11) is 0. The Balaban J connectivity index is 2.44. The van der Waals surface area contributed by atoms with E-state index >= 15 is 0 Å². The quantitative estimate of drug-likeness (QED) is 0.868. The highest BCUT2D eigenvalue weighted by molar-refractivity contribution is 6.32. The maximum absolute atomic E-state index is 13.6. The van der Waals surface area contributed by atoms with E-state index in [-0.39, 0.29) is 5.82 Å². The van der Waals surface area contributed by atoms with Crippen LogP contribution in [0.2, 0.25) is 5.02 Å². The maximum atomic E-state index is 13.6. The van der Waals surface area contributed by atoms with E-state index in [1.165, 1.54) is 6.07 Å². The zero-order valence-corrected chi connectivity index (χ0v) is 12.3.